The van der Waals surface area contributed by atoms with Gasteiger partial charge in [-0.05, 0) is 25.7 Å². The molecule has 0 bridgehead atoms. The highest BCUT2D eigenvalue weighted by Crippen LogP contribution is 2.06. The summed E-state index contributed by atoms with van der Waals surface area (Å²) in [6, 6.07) is 10.1. The number of amides is 1. The van der Waals surface area contributed by atoms with Gasteiger partial charge in [0.25, 0.3) is 0 Å². The summed E-state index contributed by atoms with van der Waals surface area (Å²) >= 11 is 0. The molecule has 0 unspecified atom stereocenters. The number of likely N-dealkylation sites (N-methyl/N-ethyl adjacent to an activating group) is 2. The summed E-state index contributed by atoms with van der Waals surface area (Å²) in [5.41, 5.74) is 1.94. The molecule has 2 aromatic rings. The van der Waals surface area contributed by atoms with Gasteiger partial charge in [-0.15, -0.1) is 0 Å². The van der Waals surface area contributed by atoms with Crippen molar-refractivity contribution in [3.63, 3.8) is 0 Å². The largest absolute Gasteiger partial charge is 0.322 e. The maximum Gasteiger partial charge on any atom is 0.238 e. The fourth-order valence-electron chi connectivity index (χ4n) is 2.73. The van der Waals surface area contributed by atoms with Gasteiger partial charge in [0, 0.05) is 19.3 Å². The molecule has 2 rings (SSSR count). The Labute approximate surface area is 150 Å². The number of hydrogen-bond donors (Lipinski definition) is 1. The van der Waals surface area contributed by atoms with E-state index in [1.807, 2.05) is 41.0 Å². The SMILES string of the molecule is CCN(CC)CCn1cc(NC(=O)CN(C)Cc2ccccc2)cn1. The van der Waals surface area contributed by atoms with Crippen LogP contribution in [0.1, 0.15) is 19.4 Å². The molecular weight excluding hydrogens is 314 g/mol. The van der Waals surface area contributed by atoms with Gasteiger partial charge in [-0.2, -0.15) is 5.10 Å². The molecule has 136 valence electrons. The van der Waals surface area contributed by atoms with E-state index in [-0.39, 0.29) is 5.91 Å². The number of hydrogen-bond acceptors (Lipinski definition) is 4. The average molecular weight is 343 g/mol. The molecule has 0 saturated carbocycles. The highest BCUT2D eigenvalue weighted by Gasteiger charge is 2.09. The maximum atomic E-state index is 12.2. The number of carbonyl (C=O) groups excluding carboxylic acids is 1. The van der Waals surface area contributed by atoms with Crippen LogP contribution in [0, 0.1) is 0 Å². The normalized spacial score (nSPS) is 11.2. The van der Waals surface area contributed by atoms with Gasteiger partial charge in [-0.3, -0.25) is 14.4 Å². The molecular formula is C19H29N5O. The Balaban J connectivity index is 1.76. The van der Waals surface area contributed by atoms with E-state index in [4.69, 9.17) is 0 Å². The lowest BCUT2D eigenvalue weighted by Crippen LogP contribution is -2.29. The minimum Gasteiger partial charge on any atom is -0.322 e. The molecule has 0 aliphatic rings. The summed E-state index contributed by atoms with van der Waals surface area (Å²) in [5.74, 6) is -0.0262. The Morgan fingerprint density at radius 1 is 1.20 bits per heavy atom. The highest BCUT2D eigenvalue weighted by molar-refractivity contribution is 5.91. The number of anilines is 1. The van der Waals surface area contributed by atoms with Crippen molar-refractivity contribution in [3.05, 3.63) is 48.3 Å². The molecule has 1 N–H and O–H groups in total. The van der Waals surface area contributed by atoms with Crippen molar-refractivity contribution < 1.29 is 4.79 Å². The lowest BCUT2D eigenvalue weighted by atomic mass is 10.2. The van der Waals surface area contributed by atoms with Crippen LogP contribution in [0.15, 0.2) is 42.7 Å². The first-order chi connectivity index (χ1) is 12.1. The predicted octanol–water partition coefficient (Wildman–Crippen LogP) is 2.30. The fourth-order valence-corrected chi connectivity index (χ4v) is 2.73. The molecule has 0 atom stereocenters. The lowest BCUT2D eigenvalue weighted by Gasteiger charge is -2.17. The van der Waals surface area contributed by atoms with Crippen molar-refractivity contribution in [1.82, 2.24) is 19.6 Å². The van der Waals surface area contributed by atoms with Crippen molar-refractivity contribution in [2.75, 3.05) is 38.5 Å². The summed E-state index contributed by atoms with van der Waals surface area (Å²) in [6.45, 7) is 9.27. The molecule has 25 heavy (non-hydrogen) atoms. The predicted molar refractivity (Wildman–Crippen MR) is 101 cm³/mol. The van der Waals surface area contributed by atoms with Gasteiger partial charge in [-0.1, -0.05) is 44.2 Å². The minimum atomic E-state index is -0.0262. The molecule has 0 radical (unpaired) electrons. The summed E-state index contributed by atoms with van der Waals surface area (Å²) in [7, 11) is 1.94. The Morgan fingerprint density at radius 3 is 2.60 bits per heavy atom. The van der Waals surface area contributed by atoms with Crippen LogP contribution in [-0.4, -0.2) is 58.7 Å². The quantitative estimate of drug-likeness (QED) is 0.719. The summed E-state index contributed by atoms with van der Waals surface area (Å²) in [6.07, 6.45) is 3.59. The van der Waals surface area contributed by atoms with Crippen LogP contribution in [0.5, 0.6) is 0 Å². The number of rotatable bonds is 10. The van der Waals surface area contributed by atoms with E-state index in [1.54, 1.807) is 6.20 Å². The van der Waals surface area contributed by atoms with E-state index < -0.39 is 0 Å². The van der Waals surface area contributed by atoms with E-state index >= 15 is 0 Å². The molecule has 1 aromatic carbocycles. The Kier molecular flexibility index (Phi) is 7.63. The van der Waals surface area contributed by atoms with Crippen molar-refractivity contribution >= 4 is 11.6 Å². The zero-order valence-electron chi connectivity index (χ0n) is 15.5. The molecule has 6 nitrogen and oxygen atoms in total. The highest BCUT2D eigenvalue weighted by atomic mass is 16.2. The van der Waals surface area contributed by atoms with Crippen LogP contribution >= 0.6 is 0 Å². The van der Waals surface area contributed by atoms with Crippen LogP contribution in [0.3, 0.4) is 0 Å². The second kappa shape index (κ2) is 9.96. The molecule has 0 aliphatic heterocycles. The monoisotopic (exact) mass is 343 g/mol. The van der Waals surface area contributed by atoms with Gasteiger partial charge >= 0.3 is 0 Å². The Hall–Kier alpha value is -2.18. The van der Waals surface area contributed by atoms with Crippen LogP contribution in [0.25, 0.3) is 0 Å². The third-order valence-corrected chi connectivity index (χ3v) is 4.17. The molecule has 0 fully saturated rings. The van der Waals surface area contributed by atoms with Gasteiger partial charge in [0.1, 0.15) is 0 Å². The van der Waals surface area contributed by atoms with E-state index in [0.717, 1.165) is 38.4 Å². The standard InChI is InChI=1S/C19H29N5O/c1-4-23(5-2)11-12-24-15-18(13-20-24)21-19(25)16-22(3)14-17-9-7-6-8-10-17/h6-10,13,15H,4-5,11-12,14,16H2,1-3H3,(H,21,25). The molecule has 1 amide bonds. The van der Waals surface area contributed by atoms with Gasteiger partial charge < -0.3 is 10.2 Å². The van der Waals surface area contributed by atoms with E-state index in [9.17, 15) is 4.79 Å². The first kappa shape index (κ1) is 19.1. The van der Waals surface area contributed by atoms with Crippen LogP contribution < -0.4 is 5.32 Å². The van der Waals surface area contributed by atoms with Gasteiger partial charge in [0.15, 0.2) is 0 Å². The first-order valence-corrected chi connectivity index (χ1v) is 8.87. The summed E-state index contributed by atoms with van der Waals surface area (Å²) in [5, 5.41) is 7.24. The first-order valence-electron chi connectivity index (χ1n) is 8.87. The zero-order valence-corrected chi connectivity index (χ0v) is 15.5. The molecule has 0 saturated heterocycles. The number of nitrogens with zero attached hydrogens (tertiary/aromatic N) is 4. The minimum absolute atomic E-state index is 0.0262. The van der Waals surface area contributed by atoms with E-state index in [0.29, 0.717) is 6.54 Å². The molecule has 1 heterocycles. The Morgan fingerprint density at radius 2 is 1.92 bits per heavy atom. The smallest absolute Gasteiger partial charge is 0.238 e. The second-order valence-corrected chi connectivity index (χ2v) is 6.23. The van der Waals surface area contributed by atoms with Crippen molar-refractivity contribution in [3.8, 4) is 0 Å². The van der Waals surface area contributed by atoms with Crippen molar-refractivity contribution in [2.24, 2.45) is 0 Å². The number of benzene rings is 1. The van der Waals surface area contributed by atoms with Crippen LogP contribution in [0.2, 0.25) is 0 Å². The number of aromatic nitrogens is 2. The molecule has 0 aliphatic carbocycles. The topological polar surface area (TPSA) is 53.4 Å². The molecule has 1 aromatic heterocycles. The Bertz CT molecular complexity index is 636. The molecule has 0 spiro atoms. The van der Waals surface area contributed by atoms with E-state index in [2.05, 4.69) is 41.3 Å². The van der Waals surface area contributed by atoms with Crippen LogP contribution in [-0.2, 0) is 17.9 Å². The maximum absolute atomic E-state index is 12.2. The molecule has 6 heteroatoms. The fraction of sp³-hybridized carbons (Fsp3) is 0.474. The average Bonchev–Trinajstić information content (AvgIpc) is 3.03. The lowest BCUT2D eigenvalue weighted by molar-refractivity contribution is -0.117. The van der Waals surface area contributed by atoms with Gasteiger partial charge in [0.05, 0.1) is 25.0 Å². The van der Waals surface area contributed by atoms with Crippen molar-refractivity contribution in [1.29, 1.82) is 0 Å². The third kappa shape index (κ3) is 6.68. The zero-order chi connectivity index (χ0) is 18.1. The van der Waals surface area contributed by atoms with Crippen molar-refractivity contribution in [2.45, 2.75) is 26.9 Å². The number of nitrogens with one attached hydrogen (secondary N) is 1. The van der Waals surface area contributed by atoms with E-state index in [1.165, 1.54) is 5.56 Å². The summed E-state index contributed by atoms with van der Waals surface area (Å²) in [4.78, 5) is 16.5. The second-order valence-electron chi connectivity index (χ2n) is 6.23. The summed E-state index contributed by atoms with van der Waals surface area (Å²) < 4.78 is 1.88. The van der Waals surface area contributed by atoms with Gasteiger partial charge in [-0.25, -0.2) is 0 Å². The third-order valence-electron chi connectivity index (χ3n) is 4.17. The van der Waals surface area contributed by atoms with Gasteiger partial charge in [0.2, 0.25) is 5.91 Å². The van der Waals surface area contributed by atoms with Crippen LogP contribution in [0.4, 0.5) is 5.69 Å². The number of carbonyl (C=O) groups is 1.